The van der Waals surface area contributed by atoms with E-state index in [-0.39, 0.29) is 13.2 Å². The van der Waals surface area contributed by atoms with Gasteiger partial charge in [-0.25, -0.2) is 9.59 Å². The van der Waals surface area contributed by atoms with E-state index in [0.29, 0.717) is 0 Å². The molecule has 0 fully saturated rings. The van der Waals surface area contributed by atoms with Crippen molar-refractivity contribution in [3.8, 4) is 0 Å². The van der Waals surface area contributed by atoms with Crippen molar-refractivity contribution in [1.82, 2.24) is 0 Å². The summed E-state index contributed by atoms with van der Waals surface area (Å²) in [7, 11) is 0. The van der Waals surface area contributed by atoms with Gasteiger partial charge < -0.3 is 9.47 Å². The predicted molar refractivity (Wildman–Crippen MR) is 42.4 cm³/mol. The topological polar surface area (TPSA) is 52.6 Å². The largest absolute Gasteiger partial charge is 0.458 e. The number of carbonyl (C=O) groups is 2. The molecule has 0 N–H and O–H groups in total. The summed E-state index contributed by atoms with van der Waals surface area (Å²) in [6.07, 6.45) is 3.34. The zero-order valence-corrected chi connectivity index (χ0v) is 7.20. The number of carbonyl (C=O) groups excluding carboxylic acids is 2. The van der Waals surface area contributed by atoms with E-state index >= 15 is 0 Å². The van der Waals surface area contributed by atoms with Crippen LogP contribution < -0.4 is 0 Å². The van der Waals surface area contributed by atoms with E-state index in [4.69, 9.17) is 0 Å². The molecule has 0 aliphatic carbocycles. The van der Waals surface area contributed by atoms with Crippen LogP contribution in [0.15, 0.2) is 12.2 Å². The average Bonchev–Trinajstić information content (AvgIpc) is 2.05. The summed E-state index contributed by atoms with van der Waals surface area (Å²) >= 11 is 0. The molecule has 4 heteroatoms. The first-order chi connectivity index (χ1) is 5.72. The van der Waals surface area contributed by atoms with E-state index in [0.717, 1.165) is 0 Å². The third kappa shape index (κ3) is 4.49. The molecule has 12 heavy (non-hydrogen) atoms. The molecule has 0 aromatic heterocycles. The Kier molecular flexibility index (Phi) is 5.69. The Hall–Kier alpha value is -1.32. The van der Waals surface area contributed by atoms with E-state index in [1.165, 1.54) is 0 Å². The van der Waals surface area contributed by atoms with Crippen molar-refractivity contribution < 1.29 is 19.1 Å². The first kappa shape index (κ1) is 10.7. The Bertz CT molecular complexity index is 183. The lowest BCUT2D eigenvalue weighted by Crippen LogP contribution is -2.20. The van der Waals surface area contributed by atoms with Crippen molar-refractivity contribution in [3.63, 3.8) is 0 Å². The molecule has 0 radical (unpaired) electrons. The molecule has 0 saturated heterocycles. The van der Waals surface area contributed by atoms with Gasteiger partial charge in [0.05, 0.1) is 6.61 Å². The van der Waals surface area contributed by atoms with Gasteiger partial charge in [-0.1, -0.05) is 12.2 Å². The number of ether oxygens (including phenoxy) is 2. The van der Waals surface area contributed by atoms with Crippen LogP contribution in [-0.2, 0) is 19.1 Å². The highest BCUT2D eigenvalue weighted by molar-refractivity contribution is 6.29. The summed E-state index contributed by atoms with van der Waals surface area (Å²) < 4.78 is 8.89. The van der Waals surface area contributed by atoms with Gasteiger partial charge in [-0.15, -0.1) is 0 Å². The minimum absolute atomic E-state index is 0.105. The molecule has 0 atom stereocenters. The first-order valence-electron chi connectivity index (χ1n) is 3.67. The summed E-state index contributed by atoms with van der Waals surface area (Å²) in [4.78, 5) is 21.3. The first-order valence-corrected chi connectivity index (χ1v) is 3.67. The Balaban J connectivity index is 3.64. The lowest BCUT2D eigenvalue weighted by atomic mass is 10.5. The standard InChI is InChI=1S/C8H12O4/c1-3-5-6-12-8(10)7(9)11-4-2/h3,5H,4,6H2,1-2H3/b5-3+. The van der Waals surface area contributed by atoms with E-state index in [9.17, 15) is 9.59 Å². The SMILES string of the molecule is C/C=C/COC(=O)C(=O)OCC. The molecule has 0 rings (SSSR count). The Morgan fingerprint density at radius 2 is 1.83 bits per heavy atom. The maximum atomic E-state index is 10.7. The van der Waals surface area contributed by atoms with E-state index < -0.39 is 11.9 Å². The zero-order valence-electron chi connectivity index (χ0n) is 7.20. The lowest BCUT2D eigenvalue weighted by Gasteiger charge is -2.00. The second kappa shape index (κ2) is 6.39. The molecule has 0 spiro atoms. The lowest BCUT2D eigenvalue weighted by molar-refractivity contribution is -0.166. The van der Waals surface area contributed by atoms with Crippen LogP contribution in [0.25, 0.3) is 0 Å². The molecule has 0 aromatic rings. The molecule has 0 heterocycles. The van der Waals surface area contributed by atoms with Gasteiger partial charge in [-0.2, -0.15) is 0 Å². The number of esters is 2. The van der Waals surface area contributed by atoms with Crippen molar-refractivity contribution in [2.75, 3.05) is 13.2 Å². The van der Waals surface area contributed by atoms with Gasteiger partial charge in [0.1, 0.15) is 6.61 Å². The maximum absolute atomic E-state index is 10.7. The van der Waals surface area contributed by atoms with Gasteiger partial charge in [0.25, 0.3) is 0 Å². The molecule has 0 amide bonds. The van der Waals surface area contributed by atoms with Crippen molar-refractivity contribution in [2.45, 2.75) is 13.8 Å². The monoisotopic (exact) mass is 172 g/mol. The Labute approximate surface area is 71.2 Å². The molecule has 4 nitrogen and oxygen atoms in total. The van der Waals surface area contributed by atoms with Crippen LogP contribution in [0.3, 0.4) is 0 Å². The average molecular weight is 172 g/mol. The smallest absolute Gasteiger partial charge is 0.417 e. The number of rotatable bonds is 3. The molecular formula is C8H12O4. The quantitative estimate of drug-likeness (QED) is 0.356. The number of allylic oxidation sites excluding steroid dienone is 1. The fraction of sp³-hybridized carbons (Fsp3) is 0.500. The Morgan fingerprint density at radius 3 is 2.33 bits per heavy atom. The summed E-state index contributed by atoms with van der Waals surface area (Å²) in [5.41, 5.74) is 0. The summed E-state index contributed by atoms with van der Waals surface area (Å²) in [6.45, 7) is 3.70. The van der Waals surface area contributed by atoms with Gasteiger partial charge in [0.15, 0.2) is 0 Å². The maximum Gasteiger partial charge on any atom is 0.417 e. The molecular weight excluding hydrogens is 160 g/mol. The minimum Gasteiger partial charge on any atom is -0.458 e. The number of hydrogen-bond donors (Lipinski definition) is 0. The molecule has 0 saturated carbocycles. The third-order valence-corrected chi connectivity index (χ3v) is 0.988. The molecule has 0 unspecified atom stereocenters. The molecule has 0 aliphatic heterocycles. The summed E-state index contributed by atoms with van der Waals surface area (Å²) in [6, 6.07) is 0. The second-order valence-electron chi connectivity index (χ2n) is 1.89. The van der Waals surface area contributed by atoms with E-state index in [2.05, 4.69) is 9.47 Å². The molecule has 0 aliphatic rings. The third-order valence-electron chi connectivity index (χ3n) is 0.988. The van der Waals surface area contributed by atoms with Crippen LogP contribution in [0.1, 0.15) is 13.8 Å². The van der Waals surface area contributed by atoms with Crippen molar-refractivity contribution in [1.29, 1.82) is 0 Å². The van der Waals surface area contributed by atoms with E-state index in [1.54, 1.807) is 26.0 Å². The fourth-order valence-corrected chi connectivity index (χ4v) is 0.469. The van der Waals surface area contributed by atoms with Crippen LogP contribution >= 0.6 is 0 Å². The molecule has 0 aromatic carbocycles. The van der Waals surface area contributed by atoms with Crippen LogP contribution in [0.5, 0.6) is 0 Å². The van der Waals surface area contributed by atoms with E-state index in [1.807, 2.05) is 0 Å². The molecule has 68 valence electrons. The Morgan fingerprint density at radius 1 is 1.25 bits per heavy atom. The predicted octanol–water partition coefficient (Wildman–Crippen LogP) is 0.669. The molecule has 0 bridgehead atoms. The van der Waals surface area contributed by atoms with Gasteiger partial charge in [-0.3, -0.25) is 0 Å². The fourth-order valence-electron chi connectivity index (χ4n) is 0.469. The van der Waals surface area contributed by atoms with Crippen molar-refractivity contribution >= 4 is 11.9 Å². The summed E-state index contributed by atoms with van der Waals surface area (Å²) in [5, 5.41) is 0. The van der Waals surface area contributed by atoms with Crippen molar-refractivity contribution in [3.05, 3.63) is 12.2 Å². The van der Waals surface area contributed by atoms with Crippen LogP contribution in [0.2, 0.25) is 0 Å². The van der Waals surface area contributed by atoms with Crippen LogP contribution in [0, 0.1) is 0 Å². The van der Waals surface area contributed by atoms with Crippen LogP contribution in [-0.4, -0.2) is 25.2 Å². The highest BCUT2D eigenvalue weighted by Crippen LogP contribution is 1.85. The second-order valence-corrected chi connectivity index (χ2v) is 1.89. The van der Waals surface area contributed by atoms with Gasteiger partial charge >= 0.3 is 11.9 Å². The normalized spacial score (nSPS) is 9.83. The zero-order chi connectivity index (χ0) is 9.40. The highest BCUT2D eigenvalue weighted by Gasteiger charge is 2.14. The summed E-state index contributed by atoms with van der Waals surface area (Å²) in [5.74, 6) is -1.89. The van der Waals surface area contributed by atoms with Gasteiger partial charge in [-0.05, 0) is 13.8 Å². The van der Waals surface area contributed by atoms with Gasteiger partial charge in [0, 0.05) is 0 Å². The van der Waals surface area contributed by atoms with Crippen LogP contribution in [0.4, 0.5) is 0 Å². The number of hydrogen-bond acceptors (Lipinski definition) is 4. The van der Waals surface area contributed by atoms with Crippen molar-refractivity contribution in [2.24, 2.45) is 0 Å². The highest BCUT2D eigenvalue weighted by atomic mass is 16.6. The van der Waals surface area contributed by atoms with Gasteiger partial charge in [0.2, 0.25) is 0 Å². The minimum atomic E-state index is -0.949.